The molecule has 0 aliphatic rings. The van der Waals surface area contributed by atoms with E-state index in [9.17, 15) is 14.4 Å². The van der Waals surface area contributed by atoms with E-state index in [-0.39, 0.29) is 42.9 Å². The molecular formula is C18H17Cl2N3O3. The first-order valence-electron chi connectivity index (χ1n) is 7.80. The lowest BCUT2D eigenvalue weighted by atomic mass is 10.2. The summed E-state index contributed by atoms with van der Waals surface area (Å²) in [6, 6.07) is 13.2. The summed E-state index contributed by atoms with van der Waals surface area (Å²) in [5, 5.41) is 8.44. The van der Waals surface area contributed by atoms with Gasteiger partial charge in [-0.2, -0.15) is 0 Å². The molecule has 6 nitrogen and oxygen atoms in total. The van der Waals surface area contributed by atoms with E-state index in [1.54, 1.807) is 36.4 Å². The molecule has 0 aromatic heterocycles. The van der Waals surface area contributed by atoms with Gasteiger partial charge >= 0.3 is 0 Å². The van der Waals surface area contributed by atoms with Gasteiger partial charge in [0.05, 0.1) is 17.1 Å². The Morgan fingerprint density at radius 2 is 1.50 bits per heavy atom. The van der Waals surface area contributed by atoms with E-state index >= 15 is 0 Å². The van der Waals surface area contributed by atoms with E-state index < -0.39 is 0 Å². The monoisotopic (exact) mass is 393 g/mol. The van der Waals surface area contributed by atoms with Gasteiger partial charge in [0.25, 0.3) is 11.8 Å². The minimum Gasteiger partial charge on any atom is -0.353 e. The Morgan fingerprint density at radius 3 is 2.23 bits per heavy atom. The van der Waals surface area contributed by atoms with Gasteiger partial charge in [-0.05, 0) is 30.3 Å². The number of hydrogen-bond donors (Lipinski definition) is 3. The van der Waals surface area contributed by atoms with Gasteiger partial charge < -0.3 is 16.0 Å². The molecule has 2 aromatic carbocycles. The van der Waals surface area contributed by atoms with Crippen LogP contribution in [0.2, 0.25) is 10.0 Å². The predicted molar refractivity (Wildman–Crippen MR) is 101 cm³/mol. The molecule has 0 atom stereocenters. The third kappa shape index (κ3) is 6.06. The molecule has 136 valence electrons. The first-order chi connectivity index (χ1) is 12.5. The Labute approximate surface area is 160 Å². The minimum atomic E-state index is -0.385. The van der Waals surface area contributed by atoms with Gasteiger partial charge in [-0.15, -0.1) is 0 Å². The van der Waals surface area contributed by atoms with Crippen LogP contribution in [0.25, 0.3) is 0 Å². The summed E-state index contributed by atoms with van der Waals surface area (Å²) in [5.74, 6) is -1.07. The molecule has 8 heteroatoms. The minimum absolute atomic E-state index is 0.151. The van der Waals surface area contributed by atoms with E-state index in [2.05, 4.69) is 16.0 Å². The average molecular weight is 394 g/mol. The molecule has 0 unspecified atom stereocenters. The number of nitrogens with one attached hydrogen (secondary N) is 3. The Morgan fingerprint density at radius 1 is 0.808 bits per heavy atom. The molecule has 0 aliphatic carbocycles. The van der Waals surface area contributed by atoms with Crippen molar-refractivity contribution in [1.29, 1.82) is 0 Å². The van der Waals surface area contributed by atoms with E-state index in [1.807, 2.05) is 0 Å². The summed E-state index contributed by atoms with van der Waals surface area (Å²) in [5.41, 5.74) is 0.742. The molecule has 0 heterocycles. The van der Waals surface area contributed by atoms with Gasteiger partial charge in [0, 0.05) is 23.7 Å². The maximum atomic E-state index is 12.0. The highest BCUT2D eigenvalue weighted by molar-refractivity contribution is 6.35. The van der Waals surface area contributed by atoms with Gasteiger partial charge in [0.1, 0.15) is 0 Å². The first kappa shape index (κ1) is 19.8. The number of hydrogen-bond acceptors (Lipinski definition) is 3. The number of halogens is 2. The van der Waals surface area contributed by atoms with Crippen molar-refractivity contribution in [2.24, 2.45) is 0 Å². The second kappa shape index (κ2) is 9.79. The summed E-state index contributed by atoms with van der Waals surface area (Å²) >= 11 is 11.8. The third-order valence-electron chi connectivity index (χ3n) is 3.35. The predicted octanol–water partition coefficient (Wildman–Crippen LogP) is 2.27. The fourth-order valence-corrected chi connectivity index (χ4v) is 2.43. The molecule has 2 rings (SSSR count). The van der Waals surface area contributed by atoms with Crippen molar-refractivity contribution >= 4 is 40.9 Å². The van der Waals surface area contributed by atoms with Crippen LogP contribution in [0.5, 0.6) is 0 Å². The highest BCUT2D eigenvalue weighted by atomic mass is 35.5. The molecule has 3 amide bonds. The van der Waals surface area contributed by atoms with Crippen LogP contribution in [-0.2, 0) is 4.79 Å². The fraction of sp³-hybridized carbons (Fsp3) is 0.167. The highest BCUT2D eigenvalue weighted by Gasteiger charge is 2.11. The summed E-state index contributed by atoms with van der Waals surface area (Å²) in [7, 11) is 0. The molecule has 0 saturated heterocycles. The lowest BCUT2D eigenvalue weighted by Crippen LogP contribution is -2.40. The van der Waals surface area contributed by atoms with Gasteiger partial charge in [0.2, 0.25) is 5.91 Å². The molecule has 0 fully saturated rings. The lowest BCUT2D eigenvalue weighted by Gasteiger charge is -2.09. The Bertz CT molecular complexity index is 798. The van der Waals surface area contributed by atoms with Crippen molar-refractivity contribution in [2.75, 3.05) is 19.6 Å². The number of carbonyl (C=O) groups excluding carboxylic acids is 3. The van der Waals surface area contributed by atoms with Crippen LogP contribution in [0.3, 0.4) is 0 Å². The zero-order valence-electron chi connectivity index (χ0n) is 13.7. The van der Waals surface area contributed by atoms with Gasteiger partial charge in [0.15, 0.2) is 0 Å². The number of benzene rings is 2. The molecule has 0 saturated carbocycles. The van der Waals surface area contributed by atoms with Gasteiger partial charge in [-0.1, -0.05) is 41.4 Å². The highest BCUT2D eigenvalue weighted by Crippen LogP contribution is 2.20. The average Bonchev–Trinajstić information content (AvgIpc) is 2.65. The number of rotatable bonds is 7. The van der Waals surface area contributed by atoms with Crippen molar-refractivity contribution in [3.8, 4) is 0 Å². The van der Waals surface area contributed by atoms with E-state index in [0.717, 1.165) is 0 Å². The SMILES string of the molecule is O=C(CNC(=O)c1ccccc1)NCCNC(=O)c1cc(Cl)ccc1Cl. The van der Waals surface area contributed by atoms with Crippen molar-refractivity contribution in [3.05, 3.63) is 69.7 Å². The molecule has 0 spiro atoms. The molecule has 2 aromatic rings. The third-order valence-corrected chi connectivity index (χ3v) is 3.92. The van der Waals surface area contributed by atoms with Crippen LogP contribution in [0.15, 0.2) is 48.5 Å². The normalized spacial score (nSPS) is 10.1. The van der Waals surface area contributed by atoms with Crippen LogP contribution in [0, 0.1) is 0 Å². The Hall–Kier alpha value is -2.57. The summed E-state index contributed by atoms with van der Waals surface area (Å²) in [6.45, 7) is 0.270. The van der Waals surface area contributed by atoms with Gasteiger partial charge in [-0.25, -0.2) is 0 Å². The maximum absolute atomic E-state index is 12.0. The lowest BCUT2D eigenvalue weighted by molar-refractivity contribution is -0.120. The second-order valence-corrected chi connectivity index (χ2v) is 6.12. The largest absolute Gasteiger partial charge is 0.353 e. The van der Waals surface area contributed by atoms with Crippen LogP contribution < -0.4 is 16.0 Å². The number of carbonyl (C=O) groups is 3. The first-order valence-corrected chi connectivity index (χ1v) is 8.56. The molecule has 0 radical (unpaired) electrons. The Kier molecular flexibility index (Phi) is 7.44. The van der Waals surface area contributed by atoms with Crippen LogP contribution in [-0.4, -0.2) is 37.4 Å². The van der Waals surface area contributed by atoms with Crippen molar-refractivity contribution in [1.82, 2.24) is 16.0 Å². The second-order valence-electron chi connectivity index (χ2n) is 5.28. The molecular weight excluding hydrogens is 377 g/mol. The molecule has 3 N–H and O–H groups in total. The van der Waals surface area contributed by atoms with Crippen molar-refractivity contribution in [2.45, 2.75) is 0 Å². The molecule has 0 aliphatic heterocycles. The summed E-state index contributed by atoms with van der Waals surface area (Å²) in [6.07, 6.45) is 0. The van der Waals surface area contributed by atoms with Crippen LogP contribution >= 0.6 is 23.2 Å². The summed E-state index contributed by atoms with van der Waals surface area (Å²) in [4.78, 5) is 35.5. The maximum Gasteiger partial charge on any atom is 0.252 e. The Balaban J connectivity index is 1.68. The topological polar surface area (TPSA) is 87.3 Å². The van der Waals surface area contributed by atoms with Crippen molar-refractivity contribution < 1.29 is 14.4 Å². The van der Waals surface area contributed by atoms with Crippen molar-refractivity contribution in [3.63, 3.8) is 0 Å². The van der Waals surface area contributed by atoms with Gasteiger partial charge in [-0.3, -0.25) is 14.4 Å². The fourth-order valence-electron chi connectivity index (χ4n) is 2.06. The smallest absolute Gasteiger partial charge is 0.252 e. The zero-order valence-corrected chi connectivity index (χ0v) is 15.2. The van der Waals surface area contributed by atoms with E-state index in [0.29, 0.717) is 15.6 Å². The standard InChI is InChI=1S/C18H17Cl2N3O3/c19-13-6-7-15(20)14(10-13)18(26)22-9-8-21-16(24)11-23-17(25)12-4-2-1-3-5-12/h1-7,10H,8-9,11H2,(H,21,24)(H,22,26)(H,23,25). The molecule has 26 heavy (non-hydrogen) atoms. The van der Waals surface area contributed by atoms with E-state index in [4.69, 9.17) is 23.2 Å². The zero-order chi connectivity index (χ0) is 18.9. The van der Waals surface area contributed by atoms with E-state index in [1.165, 1.54) is 12.1 Å². The summed E-state index contributed by atoms with van der Waals surface area (Å²) < 4.78 is 0. The number of amides is 3. The van der Waals surface area contributed by atoms with Crippen LogP contribution in [0.1, 0.15) is 20.7 Å². The van der Waals surface area contributed by atoms with Crippen LogP contribution in [0.4, 0.5) is 0 Å². The quantitative estimate of drug-likeness (QED) is 0.630. The molecule has 0 bridgehead atoms.